The van der Waals surface area contributed by atoms with Gasteiger partial charge >= 0.3 is 6.03 Å². The summed E-state index contributed by atoms with van der Waals surface area (Å²) < 4.78 is 5.26. The highest BCUT2D eigenvalue weighted by molar-refractivity contribution is 5.99. The standard InChI is InChI=1S/C22H28N4O3/c1-16-19(14-17-6-7-18(29-2)15-20(17)23-16)21(27)24-10-12-26(13-11-24)22(28)25-8-4-3-5-9-25/h6-7,14-15H,3-5,8-13H2,1-2H3. The topological polar surface area (TPSA) is 66.0 Å². The molecule has 0 saturated carbocycles. The van der Waals surface area contributed by atoms with Crippen LogP contribution in [0, 0.1) is 6.92 Å². The molecule has 1 aromatic heterocycles. The molecule has 154 valence electrons. The van der Waals surface area contributed by atoms with Crippen molar-refractivity contribution in [2.24, 2.45) is 0 Å². The van der Waals surface area contributed by atoms with Gasteiger partial charge in [-0.25, -0.2) is 4.79 Å². The van der Waals surface area contributed by atoms with Crippen molar-refractivity contribution >= 4 is 22.8 Å². The molecule has 0 aliphatic carbocycles. The minimum atomic E-state index is -0.0159. The zero-order chi connectivity index (χ0) is 20.4. The minimum Gasteiger partial charge on any atom is -0.497 e. The highest BCUT2D eigenvalue weighted by Gasteiger charge is 2.29. The van der Waals surface area contributed by atoms with Crippen LogP contribution in [0.1, 0.15) is 35.3 Å². The number of likely N-dealkylation sites (tertiary alicyclic amines) is 1. The number of carbonyl (C=O) groups is 2. The van der Waals surface area contributed by atoms with Gasteiger partial charge in [-0.3, -0.25) is 9.78 Å². The Morgan fingerprint density at radius 2 is 1.55 bits per heavy atom. The molecule has 2 aliphatic heterocycles. The largest absolute Gasteiger partial charge is 0.497 e. The maximum atomic E-state index is 13.1. The van der Waals surface area contributed by atoms with E-state index in [2.05, 4.69) is 4.98 Å². The number of aromatic nitrogens is 1. The molecular formula is C22H28N4O3. The fraction of sp³-hybridized carbons (Fsp3) is 0.500. The number of piperazine rings is 1. The number of carbonyl (C=O) groups excluding carboxylic acids is 2. The summed E-state index contributed by atoms with van der Waals surface area (Å²) in [7, 11) is 1.63. The second-order valence-corrected chi connectivity index (χ2v) is 7.79. The Bertz CT molecular complexity index is 916. The molecule has 7 heteroatoms. The smallest absolute Gasteiger partial charge is 0.320 e. The van der Waals surface area contributed by atoms with E-state index in [1.807, 2.05) is 45.9 Å². The van der Waals surface area contributed by atoms with E-state index in [-0.39, 0.29) is 11.9 Å². The molecule has 0 radical (unpaired) electrons. The number of amides is 3. The Morgan fingerprint density at radius 3 is 2.24 bits per heavy atom. The Labute approximate surface area is 171 Å². The van der Waals surface area contributed by atoms with Gasteiger partial charge < -0.3 is 19.4 Å². The summed E-state index contributed by atoms with van der Waals surface area (Å²) in [6.07, 6.45) is 3.38. The van der Waals surface area contributed by atoms with E-state index in [0.29, 0.717) is 37.4 Å². The minimum absolute atomic E-state index is 0.0159. The molecule has 7 nitrogen and oxygen atoms in total. The van der Waals surface area contributed by atoms with E-state index in [0.717, 1.165) is 42.6 Å². The molecular weight excluding hydrogens is 368 g/mol. The van der Waals surface area contributed by atoms with E-state index >= 15 is 0 Å². The fourth-order valence-corrected chi connectivity index (χ4v) is 4.14. The Kier molecular flexibility index (Phi) is 5.56. The van der Waals surface area contributed by atoms with Crippen LogP contribution >= 0.6 is 0 Å². The van der Waals surface area contributed by atoms with Gasteiger partial charge in [0.15, 0.2) is 0 Å². The summed E-state index contributed by atoms with van der Waals surface area (Å²) in [4.78, 5) is 36.1. The SMILES string of the molecule is COc1ccc2cc(C(=O)N3CCN(C(=O)N4CCCCC4)CC3)c(C)nc2c1. The lowest BCUT2D eigenvalue weighted by Gasteiger charge is -2.38. The second kappa shape index (κ2) is 8.27. The van der Waals surface area contributed by atoms with Gasteiger partial charge in [0.2, 0.25) is 0 Å². The zero-order valence-corrected chi connectivity index (χ0v) is 17.2. The quantitative estimate of drug-likeness (QED) is 0.783. The number of pyridine rings is 1. The number of hydrogen-bond acceptors (Lipinski definition) is 4. The average molecular weight is 396 g/mol. The molecule has 2 aliphatic rings. The number of ether oxygens (including phenoxy) is 1. The summed E-state index contributed by atoms with van der Waals surface area (Å²) in [5, 5.41) is 0.915. The zero-order valence-electron chi connectivity index (χ0n) is 17.2. The summed E-state index contributed by atoms with van der Waals surface area (Å²) in [6.45, 7) is 5.84. The number of hydrogen-bond donors (Lipinski definition) is 0. The number of methoxy groups -OCH3 is 1. The lowest BCUT2D eigenvalue weighted by atomic mass is 10.1. The van der Waals surface area contributed by atoms with Crippen LogP contribution in [-0.2, 0) is 0 Å². The lowest BCUT2D eigenvalue weighted by Crippen LogP contribution is -2.54. The first-order valence-electron chi connectivity index (χ1n) is 10.4. The van der Waals surface area contributed by atoms with Crippen LogP contribution in [0.3, 0.4) is 0 Å². The van der Waals surface area contributed by atoms with Gasteiger partial charge in [0.05, 0.1) is 23.9 Å². The average Bonchev–Trinajstić information content (AvgIpc) is 2.78. The molecule has 1 aromatic carbocycles. The monoisotopic (exact) mass is 396 g/mol. The number of aryl methyl sites for hydroxylation is 1. The van der Waals surface area contributed by atoms with E-state index in [1.165, 1.54) is 6.42 Å². The molecule has 3 heterocycles. The number of rotatable bonds is 2. The van der Waals surface area contributed by atoms with Crippen LogP contribution in [0.5, 0.6) is 5.75 Å². The van der Waals surface area contributed by atoms with Gasteiger partial charge in [-0.15, -0.1) is 0 Å². The van der Waals surface area contributed by atoms with Crippen LogP contribution in [0.25, 0.3) is 10.9 Å². The van der Waals surface area contributed by atoms with E-state index in [4.69, 9.17) is 4.74 Å². The Morgan fingerprint density at radius 1 is 0.897 bits per heavy atom. The first-order chi connectivity index (χ1) is 14.1. The molecule has 2 saturated heterocycles. The number of piperidine rings is 1. The molecule has 0 N–H and O–H groups in total. The molecule has 0 atom stereocenters. The van der Waals surface area contributed by atoms with Crippen LogP contribution in [0.15, 0.2) is 24.3 Å². The highest BCUT2D eigenvalue weighted by atomic mass is 16.5. The first kappa shape index (κ1) is 19.5. The maximum absolute atomic E-state index is 13.1. The van der Waals surface area contributed by atoms with Gasteiger partial charge in [-0.05, 0) is 44.4 Å². The van der Waals surface area contributed by atoms with Gasteiger partial charge in [0.25, 0.3) is 5.91 Å². The van der Waals surface area contributed by atoms with Gasteiger partial charge in [0.1, 0.15) is 5.75 Å². The molecule has 0 bridgehead atoms. The van der Waals surface area contributed by atoms with E-state index < -0.39 is 0 Å². The highest BCUT2D eigenvalue weighted by Crippen LogP contribution is 2.23. The number of urea groups is 1. The first-order valence-corrected chi connectivity index (χ1v) is 10.4. The lowest BCUT2D eigenvalue weighted by molar-refractivity contribution is 0.0632. The van der Waals surface area contributed by atoms with Gasteiger partial charge in [-0.1, -0.05) is 0 Å². The van der Waals surface area contributed by atoms with Crippen molar-refractivity contribution in [1.29, 1.82) is 0 Å². The second-order valence-electron chi connectivity index (χ2n) is 7.79. The van der Waals surface area contributed by atoms with Crippen molar-refractivity contribution in [3.8, 4) is 5.75 Å². The van der Waals surface area contributed by atoms with Gasteiger partial charge in [0, 0.05) is 50.7 Å². The number of nitrogens with zero attached hydrogens (tertiary/aromatic N) is 4. The predicted octanol–water partition coefficient (Wildman–Crippen LogP) is 2.92. The van der Waals surface area contributed by atoms with Crippen molar-refractivity contribution in [2.45, 2.75) is 26.2 Å². The third kappa shape index (κ3) is 3.99. The molecule has 29 heavy (non-hydrogen) atoms. The van der Waals surface area contributed by atoms with E-state index in [9.17, 15) is 9.59 Å². The summed E-state index contributed by atoms with van der Waals surface area (Å²) in [6, 6.07) is 7.70. The van der Waals surface area contributed by atoms with E-state index in [1.54, 1.807) is 7.11 Å². The van der Waals surface area contributed by atoms with Crippen molar-refractivity contribution in [2.75, 3.05) is 46.4 Å². The molecule has 4 rings (SSSR count). The normalized spacial score (nSPS) is 17.5. The third-order valence-corrected chi connectivity index (χ3v) is 5.91. The van der Waals surface area contributed by atoms with Crippen LogP contribution in [-0.4, -0.2) is 78.0 Å². The number of benzene rings is 1. The Hall–Kier alpha value is -2.83. The molecule has 2 fully saturated rings. The van der Waals surface area contributed by atoms with Crippen molar-refractivity contribution in [3.63, 3.8) is 0 Å². The van der Waals surface area contributed by atoms with Crippen molar-refractivity contribution in [1.82, 2.24) is 19.7 Å². The summed E-state index contributed by atoms with van der Waals surface area (Å²) in [5.74, 6) is 0.732. The maximum Gasteiger partial charge on any atom is 0.320 e. The van der Waals surface area contributed by atoms with Crippen LogP contribution < -0.4 is 4.74 Å². The van der Waals surface area contributed by atoms with Gasteiger partial charge in [-0.2, -0.15) is 0 Å². The molecule has 3 amide bonds. The predicted molar refractivity (Wildman–Crippen MR) is 111 cm³/mol. The van der Waals surface area contributed by atoms with Crippen molar-refractivity contribution in [3.05, 3.63) is 35.5 Å². The third-order valence-electron chi connectivity index (χ3n) is 5.91. The fourth-order valence-electron chi connectivity index (χ4n) is 4.14. The molecule has 2 aromatic rings. The van der Waals surface area contributed by atoms with Crippen molar-refractivity contribution < 1.29 is 14.3 Å². The van der Waals surface area contributed by atoms with Crippen LogP contribution in [0.2, 0.25) is 0 Å². The molecule has 0 spiro atoms. The summed E-state index contributed by atoms with van der Waals surface area (Å²) in [5.41, 5.74) is 2.15. The Balaban J connectivity index is 1.44. The number of fused-ring (bicyclic) bond motifs is 1. The molecule has 0 unspecified atom stereocenters. The summed E-state index contributed by atoms with van der Waals surface area (Å²) >= 11 is 0. The van der Waals surface area contributed by atoms with Crippen LogP contribution in [0.4, 0.5) is 4.79 Å².